The summed E-state index contributed by atoms with van der Waals surface area (Å²) in [4.78, 5) is 9.39. The van der Waals surface area contributed by atoms with Gasteiger partial charge in [0, 0.05) is 52.4 Å². The second kappa shape index (κ2) is 19.1. The second-order valence-electron chi connectivity index (χ2n) is 8.40. The zero-order valence-electron chi connectivity index (χ0n) is 21.3. The van der Waals surface area contributed by atoms with Crippen LogP contribution >= 0.6 is 0 Å². The van der Waals surface area contributed by atoms with Crippen molar-refractivity contribution in [2.45, 2.75) is 26.2 Å². The third kappa shape index (κ3) is 13.3. The van der Waals surface area contributed by atoms with Gasteiger partial charge in [0.05, 0.1) is 75.6 Å². The first-order valence-corrected chi connectivity index (χ1v) is 12.9. The van der Waals surface area contributed by atoms with E-state index in [1.807, 2.05) is 36.4 Å². The summed E-state index contributed by atoms with van der Waals surface area (Å²) >= 11 is 0. The molecule has 0 amide bonds. The predicted octanol–water partition coefficient (Wildman–Crippen LogP) is 0.615. The topological polar surface area (TPSA) is 111 Å². The molecule has 0 radical (unpaired) electrons. The number of ether oxygens (including phenoxy) is 4. The Morgan fingerprint density at radius 1 is 0.417 bits per heavy atom. The zero-order valence-corrected chi connectivity index (χ0v) is 21.3. The molecule has 3 heterocycles. The van der Waals surface area contributed by atoms with E-state index in [4.69, 9.17) is 28.9 Å². The van der Waals surface area contributed by atoms with Crippen molar-refractivity contribution in [3.8, 4) is 0 Å². The molecule has 0 aromatic carbocycles. The predicted molar refractivity (Wildman–Crippen MR) is 139 cm³/mol. The Balaban J connectivity index is 1.36. The number of nitrogens with one attached hydrogen (secondary N) is 4. The maximum atomic E-state index is 5.64. The fraction of sp³-hybridized carbons (Fsp3) is 0.615. The Labute approximate surface area is 214 Å². The van der Waals surface area contributed by atoms with E-state index >= 15 is 0 Å². The summed E-state index contributed by atoms with van der Waals surface area (Å²) in [5.74, 6) is 0. The van der Waals surface area contributed by atoms with E-state index in [0.29, 0.717) is 52.9 Å². The number of pyridine rings is 2. The van der Waals surface area contributed by atoms with Crippen LogP contribution < -0.4 is 21.3 Å². The standard InChI is InChI=1S/C26H42N6O4/c1-3-23-19-27-7-11-33-15-17-35-13-9-29-21-25-5-2-6-26(32-25)22-30-10-14-36-18-16-34-12-8-28-20-24(4-1)31-23/h1-6,27-30H,7-22H2. The number of hydrogen-bond donors (Lipinski definition) is 4. The Morgan fingerprint density at radius 2 is 0.694 bits per heavy atom. The highest BCUT2D eigenvalue weighted by molar-refractivity contribution is 5.12. The Bertz CT molecular complexity index is 703. The molecule has 0 saturated carbocycles. The molecule has 0 fully saturated rings. The van der Waals surface area contributed by atoms with E-state index in [9.17, 15) is 0 Å². The molecule has 3 rings (SSSR count). The summed E-state index contributed by atoms with van der Waals surface area (Å²) in [6.07, 6.45) is 0. The van der Waals surface area contributed by atoms with Crippen LogP contribution in [0.5, 0.6) is 0 Å². The van der Waals surface area contributed by atoms with Crippen LogP contribution in [0, 0.1) is 0 Å². The van der Waals surface area contributed by atoms with E-state index < -0.39 is 0 Å². The first-order valence-electron chi connectivity index (χ1n) is 12.9. The molecular formula is C26H42N6O4. The summed E-state index contributed by atoms with van der Waals surface area (Å²) in [6.45, 7) is 10.9. The second-order valence-corrected chi connectivity index (χ2v) is 8.40. The van der Waals surface area contributed by atoms with Crippen LogP contribution in [0.1, 0.15) is 22.8 Å². The molecule has 10 nitrogen and oxygen atoms in total. The SMILES string of the molecule is c1cc2nc(c1)CNCCOCCOCCNCc1cccc(n1)CNCCOCCOCCNC2. The monoisotopic (exact) mass is 502 g/mol. The lowest BCUT2D eigenvalue weighted by atomic mass is 10.3. The maximum Gasteiger partial charge on any atom is 0.0701 e. The van der Waals surface area contributed by atoms with Gasteiger partial charge in [0.15, 0.2) is 0 Å². The molecule has 0 spiro atoms. The van der Waals surface area contributed by atoms with Gasteiger partial charge in [-0.25, -0.2) is 0 Å². The molecule has 1 aliphatic heterocycles. The molecule has 0 aliphatic carbocycles. The normalized spacial score (nSPS) is 19.8. The van der Waals surface area contributed by atoms with E-state index in [-0.39, 0.29) is 0 Å². The molecule has 36 heavy (non-hydrogen) atoms. The van der Waals surface area contributed by atoms with E-state index in [1.54, 1.807) is 0 Å². The van der Waals surface area contributed by atoms with E-state index in [1.165, 1.54) is 0 Å². The van der Waals surface area contributed by atoms with Crippen molar-refractivity contribution in [2.75, 3.05) is 79.0 Å². The number of aromatic nitrogens is 2. The van der Waals surface area contributed by atoms with Gasteiger partial charge in [0.25, 0.3) is 0 Å². The first-order chi connectivity index (χ1) is 17.9. The van der Waals surface area contributed by atoms with Crippen molar-refractivity contribution in [3.63, 3.8) is 0 Å². The van der Waals surface area contributed by atoms with Crippen LogP contribution in [0.15, 0.2) is 36.4 Å². The molecule has 1 aliphatic rings. The Kier molecular flexibility index (Phi) is 15.2. The number of fused-ring (bicyclic) bond motifs is 4. The van der Waals surface area contributed by atoms with Crippen molar-refractivity contribution in [1.29, 1.82) is 0 Å². The van der Waals surface area contributed by atoms with Gasteiger partial charge in [-0.3, -0.25) is 9.97 Å². The fourth-order valence-corrected chi connectivity index (χ4v) is 3.54. The number of rotatable bonds is 0. The van der Waals surface area contributed by atoms with Crippen molar-refractivity contribution >= 4 is 0 Å². The van der Waals surface area contributed by atoms with Crippen LogP contribution in [0.3, 0.4) is 0 Å². The molecule has 0 atom stereocenters. The third-order valence-electron chi connectivity index (χ3n) is 5.39. The quantitative estimate of drug-likeness (QED) is 0.409. The summed E-state index contributed by atoms with van der Waals surface area (Å²) in [5, 5.41) is 13.5. The van der Waals surface area contributed by atoms with E-state index in [2.05, 4.69) is 21.3 Å². The molecule has 4 N–H and O–H groups in total. The summed E-state index contributed by atoms with van der Waals surface area (Å²) in [6, 6.07) is 12.2. The highest BCUT2D eigenvalue weighted by Crippen LogP contribution is 2.00. The molecular weight excluding hydrogens is 460 g/mol. The largest absolute Gasteiger partial charge is 0.378 e. The van der Waals surface area contributed by atoms with Gasteiger partial charge in [-0.15, -0.1) is 0 Å². The van der Waals surface area contributed by atoms with Crippen LogP contribution in [-0.4, -0.2) is 89.0 Å². The average Bonchev–Trinajstić information content (AvgIpc) is 2.90. The number of hydrogen-bond acceptors (Lipinski definition) is 10. The molecule has 10 heteroatoms. The van der Waals surface area contributed by atoms with Gasteiger partial charge < -0.3 is 40.2 Å². The van der Waals surface area contributed by atoms with Gasteiger partial charge in [-0.05, 0) is 24.3 Å². The average molecular weight is 503 g/mol. The molecule has 0 unspecified atom stereocenters. The van der Waals surface area contributed by atoms with Gasteiger partial charge in [0.2, 0.25) is 0 Å². The number of nitrogens with zero attached hydrogens (tertiary/aromatic N) is 2. The molecule has 0 saturated heterocycles. The van der Waals surface area contributed by atoms with Crippen molar-refractivity contribution in [2.24, 2.45) is 0 Å². The fourth-order valence-electron chi connectivity index (χ4n) is 3.54. The van der Waals surface area contributed by atoms with Gasteiger partial charge in [0.1, 0.15) is 0 Å². The van der Waals surface area contributed by atoms with Crippen molar-refractivity contribution in [1.82, 2.24) is 31.2 Å². The first kappa shape index (κ1) is 28.5. The summed E-state index contributed by atoms with van der Waals surface area (Å²) in [7, 11) is 0. The molecule has 2 aromatic heterocycles. The lowest BCUT2D eigenvalue weighted by Gasteiger charge is -2.10. The maximum absolute atomic E-state index is 5.64. The van der Waals surface area contributed by atoms with Crippen molar-refractivity contribution < 1.29 is 18.9 Å². The van der Waals surface area contributed by atoms with Crippen LogP contribution in [0.2, 0.25) is 0 Å². The molecule has 2 aromatic rings. The van der Waals surface area contributed by atoms with Crippen LogP contribution in [-0.2, 0) is 45.1 Å². The van der Waals surface area contributed by atoms with Crippen molar-refractivity contribution in [3.05, 3.63) is 59.2 Å². The van der Waals surface area contributed by atoms with Crippen LogP contribution in [0.25, 0.3) is 0 Å². The molecule has 200 valence electrons. The lowest BCUT2D eigenvalue weighted by molar-refractivity contribution is 0.0496. The van der Waals surface area contributed by atoms with Gasteiger partial charge in [-0.2, -0.15) is 0 Å². The minimum absolute atomic E-state index is 0.590. The summed E-state index contributed by atoms with van der Waals surface area (Å²) < 4.78 is 22.6. The zero-order chi connectivity index (χ0) is 24.9. The third-order valence-corrected chi connectivity index (χ3v) is 5.39. The summed E-state index contributed by atoms with van der Waals surface area (Å²) in [5.41, 5.74) is 4.09. The lowest BCUT2D eigenvalue weighted by Crippen LogP contribution is -2.24. The van der Waals surface area contributed by atoms with E-state index in [0.717, 1.165) is 75.1 Å². The smallest absolute Gasteiger partial charge is 0.0701 e. The highest BCUT2D eigenvalue weighted by Gasteiger charge is 2.01. The highest BCUT2D eigenvalue weighted by atomic mass is 16.5. The van der Waals surface area contributed by atoms with Gasteiger partial charge in [-0.1, -0.05) is 12.1 Å². The minimum Gasteiger partial charge on any atom is -0.378 e. The molecule has 4 bridgehead atoms. The minimum atomic E-state index is 0.590. The Morgan fingerprint density at radius 3 is 0.972 bits per heavy atom. The van der Waals surface area contributed by atoms with Crippen LogP contribution in [0.4, 0.5) is 0 Å². The Hall–Kier alpha value is -2.02. The van der Waals surface area contributed by atoms with Gasteiger partial charge >= 0.3 is 0 Å².